The van der Waals surface area contributed by atoms with Crippen molar-refractivity contribution in [1.29, 1.82) is 0 Å². The first kappa shape index (κ1) is 18.0. The van der Waals surface area contributed by atoms with Gasteiger partial charge in [-0.05, 0) is 44.2 Å². The summed E-state index contributed by atoms with van der Waals surface area (Å²) in [6.45, 7) is 2.14. The zero-order chi connectivity index (χ0) is 18.9. The summed E-state index contributed by atoms with van der Waals surface area (Å²) in [7, 11) is 0. The van der Waals surface area contributed by atoms with Crippen molar-refractivity contribution in [2.45, 2.75) is 49.1 Å². The van der Waals surface area contributed by atoms with Gasteiger partial charge in [-0.1, -0.05) is 35.5 Å². The van der Waals surface area contributed by atoms with Crippen LogP contribution in [-0.2, 0) is 5.75 Å². The van der Waals surface area contributed by atoms with Crippen LogP contribution in [0.25, 0.3) is 11.5 Å². The second kappa shape index (κ2) is 7.75. The third kappa shape index (κ3) is 3.63. The number of nitrogens with zero attached hydrogens (tertiary/aromatic N) is 6. The average Bonchev–Trinajstić information content (AvgIpc) is 3.30. The molecular weight excluding hydrogens is 396 g/mol. The Kier molecular flexibility index (Phi) is 4.98. The van der Waals surface area contributed by atoms with E-state index in [0.29, 0.717) is 28.6 Å². The van der Waals surface area contributed by atoms with Gasteiger partial charge in [0.25, 0.3) is 0 Å². The molecule has 2 aliphatic rings. The summed E-state index contributed by atoms with van der Waals surface area (Å²) in [5, 5.41) is 18.8. The number of piperidine rings is 1. The summed E-state index contributed by atoms with van der Waals surface area (Å²) in [4.78, 5) is 2.38. The zero-order valence-corrected chi connectivity index (χ0v) is 17.0. The van der Waals surface area contributed by atoms with Crippen LogP contribution in [0.15, 0.2) is 33.8 Å². The van der Waals surface area contributed by atoms with Crippen LogP contribution in [0.1, 0.15) is 44.0 Å². The van der Waals surface area contributed by atoms with Crippen LogP contribution in [0.5, 0.6) is 0 Å². The molecule has 0 unspecified atom stereocenters. The Morgan fingerprint density at radius 2 is 1.86 bits per heavy atom. The number of aromatic nitrogens is 5. The smallest absolute Gasteiger partial charge is 0.249 e. The van der Waals surface area contributed by atoms with Gasteiger partial charge in [0, 0.05) is 19.1 Å². The Morgan fingerprint density at radius 3 is 2.64 bits per heavy atom. The molecule has 2 aromatic heterocycles. The molecule has 0 spiro atoms. The molecule has 0 radical (unpaired) electrons. The van der Waals surface area contributed by atoms with Gasteiger partial charge >= 0.3 is 0 Å². The minimum absolute atomic E-state index is 0.443. The van der Waals surface area contributed by atoms with Crippen LogP contribution in [0.2, 0.25) is 5.02 Å². The molecule has 0 atom stereocenters. The molecule has 0 amide bonds. The van der Waals surface area contributed by atoms with Gasteiger partial charge in [-0.2, -0.15) is 0 Å². The van der Waals surface area contributed by atoms with Crippen LogP contribution < -0.4 is 4.90 Å². The fourth-order valence-electron chi connectivity index (χ4n) is 3.51. The van der Waals surface area contributed by atoms with E-state index in [4.69, 9.17) is 16.0 Å². The number of hydrogen-bond acceptors (Lipinski definition) is 7. The van der Waals surface area contributed by atoms with Crippen molar-refractivity contribution in [3.05, 3.63) is 35.2 Å². The molecule has 146 valence electrons. The van der Waals surface area contributed by atoms with Crippen molar-refractivity contribution in [2.75, 3.05) is 18.0 Å². The zero-order valence-electron chi connectivity index (χ0n) is 15.4. The Bertz CT molecular complexity index is 963. The molecule has 1 saturated carbocycles. The summed E-state index contributed by atoms with van der Waals surface area (Å²) >= 11 is 7.82. The number of benzene rings is 1. The lowest BCUT2D eigenvalue weighted by atomic mass is 10.1. The van der Waals surface area contributed by atoms with Crippen molar-refractivity contribution in [3.63, 3.8) is 0 Å². The summed E-state index contributed by atoms with van der Waals surface area (Å²) < 4.78 is 8.12. The third-order valence-corrected chi connectivity index (χ3v) is 6.35. The van der Waals surface area contributed by atoms with E-state index in [-0.39, 0.29) is 0 Å². The first-order chi connectivity index (χ1) is 13.8. The molecular formula is C19H21ClN6OS. The van der Waals surface area contributed by atoms with Gasteiger partial charge in [0.15, 0.2) is 5.16 Å². The number of rotatable bonds is 6. The molecule has 1 aliphatic heterocycles. The molecule has 3 heterocycles. The van der Waals surface area contributed by atoms with Gasteiger partial charge < -0.3 is 9.32 Å². The second-order valence-corrected chi connectivity index (χ2v) is 8.55. The van der Waals surface area contributed by atoms with Gasteiger partial charge in [-0.25, -0.2) is 0 Å². The summed E-state index contributed by atoms with van der Waals surface area (Å²) in [5.74, 6) is 2.58. The van der Waals surface area contributed by atoms with Crippen molar-refractivity contribution in [1.82, 2.24) is 25.0 Å². The van der Waals surface area contributed by atoms with E-state index >= 15 is 0 Å². The number of thioether (sulfide) groups is 1. The fourth-order valence-corrected chi connectivity index (χ4v) is 4.57. The van der Waals surface area contributed by atoms with E-state index < -0.39 is 0 Å². The molecule has 1 aliphatic carbocycles. The highest BCUT2D eigenvalue weighted by Gasteiger charge is 2.32. The number of halogens is 1. The molecule has 0 bridgehead atoms. The lowest BCUT2D eigenvalue weighted by molar-refractivity contribution is 0.527. The second-order valence-electron chi connectivity index (χ2n) is 7.20. The summed E-state index contributed by atoms with van der Waals surface area (Å²) in [6, 6.07) is 8.00. The van der Waals surface area contributed by atoms with Crippen molar-refractivity contribution in [3.8, 4) is 11.5 Å². The van der Waals surface area contributed by atoms with Crippen LogP contribution in [-0.4, -0.2) is 38.1 Å². The van der Waals surface area contributed by atoms with Gasteiger partial charge in [0.05, 0.1) is 16.3 Å². The van der Waals surface area contributed by atoms with E-state index in [9.17, 15) is 0 Å². The number of anilines is 1. The average molecular weight is 417 g/mol. The SMILES string of the molecule is Clc1ccccc1-c1nnc(CSc2nnc(N3CCCCC3)n2C2CC2)o1. The predicted octanol–water partition coefficient (Wildman–Crippen LogP) is 4.60. The first-order valence-corrected chi connectivity index (χ1v) is 11.1. The van der Waals surface area contributed by atoms with Crippen LogP contribution in [0.4, 0.5) is 5.95 Å². The van der Waals surface area contributed by atoms with Gasteiger partial charge in [0.1, 0.15) is 0 Å². The maximum atomic E-state index is 6.22. The van der Waals surface area contributed by atoms with Gasteiger partial charge in [-0.3, -0.25) is 4.57 Å². The van der Waals surface area contributed by atoms with Crippen molar-refractivity contribution >= 4 is 29.3 Å². The highest BCUT2D eigenvalue weighted by molar-refractivity contribution is 7.98. The van der Waals surface area contributed by atoms with E-state index in [0.717, 1.165) is 29.8 Å². The maximum absolute atomic E-state index is 6.22. The highest BCUT2D eigenvalue weighted by Crippen LogP contribution is 2.41. The monoisotopic (exact) mass is 416 g/mol. The Morgan fingerprint density at radius 1 is 1.04 bits per heavy atom. The molecule has 5 rings (SSSR count). The van der Waals surface area contributed by atoms with Crippen LogP contribution in [0.3, 0.4) is 0 Å². The van der Waals surface area contributed by atoms with E-state index in [1.807, 2.05) is 24.3 Å². The molecule has 1 saturated heterocycles. The lowest BCUT2D eigenvalue weighted by Gasteiger charge is -2.27. The predicted molar refractivity (Wildman–Crippen MR) is 109 cm³/mol. The van der Waals surface area contributed by atoms with Crippen molar-refractivity contribution < 1.29 is 4.42 Å². The topological polar surface area (TPSA) is 72.9 Å². The van der Waals surface area contributed by atoms with Crippen molar-refractivity contribution in [2.24, 2.45) is 0 Å². The Hall–Kier alpha value is -2.06. The Labute approximate surface area is 172 Å². The quantitative estimate of drug-likeness (QED) is 0.543. The van der Waals surface area contributed by atoms with Gasteiger partial charge in [0.2, 0.25) is 17.7 Å². The van der Waals surface area contributed by atoms with E-state index in [2.05, 4.69) is 29.9 Å². The third-order valence-electron chi connectivity index (χ3n) is 5.09. The van der Waals surface area contributed by atoms with Gasteiger partial charge in [-0.15, -0.1) is 20.4 Å². The minimum atomic E-state index is 0.443. The summed E-state index contributed by atoms with van der Waals surface area (Å²) in [6.07, 6.45) is 6.16. The minimum Gasteiger partial charge on any atom is -0.420 e. The fraction of sp³-hybridized carbons (Fsp3) is 0.474. The molecule has 0 N–H and O–H groups in total. The molecule has 1 aromatic carbocycles. The lowest BCUT2D eigenvalue weighted by Crippen LogP contribution is -2.31. The maximum Gasteiger partial charge on any atom is 0.249 e. The van der Waals surface area contributed by atoms with Crippen LogP contribution >= 0.6 is 23.4 Å². The standard InChI is InChI=1S/C19H21ClN6OS/c20-15-7-3-2-6-14(15)17-22-21-16(27-17)12-28-19-24-23-18(26(19)13-8-9-13)25-10-4-1-5-11-25/h2-3,6-7,13H,1,4-5,8-12H2. The molecule has 7 nitrogen and oxygen atoms in total. The largest absolute Gasteiger partial charge is 0.420 e. The summed E-state index contributed by atoms with van der Waals surface area (Å²) in [5.41, 5.74) is 0.751. The van der Waals surface area contributed by atoms with Crippen LogP contribution in [0, 0.1) is 0 Å². The number of hydrogen-bond donors (Lipinski definition) is 0. The first-order valence-electron chi connectivity index (χ1n) is 9.69. The van der Waals surface area contributed by atoms with E-state index in [1.54, 1.807) is 11.8 Å². The molecule has 3 aromatic rings. The highest BCUT2D eigenvalue weighted by atomic mass is 35.5. The Balaban J connectivity index is 1.32. The normalized spacial score (nSPS) is 17.2. The molecule has 9 heteroatoms. The molecule has 2 fully saturated rings. The molecule has 28 heavy (non-hydrogen) atoms. The van der Waals surface area contributed by atoms with E-state index in [1.165, 1.54) is 32.1 Å².